The molecular formula is C13H12ClF3N4O. The fraction of sp³-hybridized carbons (Fsp3) is 0.308. The van der Waals surface area contributed by atoms with Crippen LogP contribution in [-0.4, -0.2) is 33.4 Å². The number of rotatable bonds is 4. The predicted octanol–water partition coefficient (Wildman–Crippen LogP) is 3.23. The first-order chi connectivity index (χ1) is 10.3. The molecule has 9 heteroatoms. The molecule has 0 aliphatic rings. The quantitative estimate of drug-likeness (QED) is 0.863. The molecule has 0 aromatic carbocycles. The van der Waals surface area contributed by atoms with Gasteiger partial charge in [0.05, 0.1) is 18.1 Å². The average Bonchev–Trinajstić information content (AvgIpc) is 2.81. The number of amides is 1. The fourth-order valence-electron chi connectivity index (χ4n) is 1.89. The van der Waals surface area contributed by atoms with Crippen LogP contribution in [-0.2, 0) is 4.79 Å². The van der Waals surface area contributed by atoms with Crippen LogP contribution in [0.25, 0.3) is 5.69 Å². The molecule has 118 valence electrons. The molecule has 0 saturated heterocycles. The Morgan fingerprint density at radius 2 is 2.18 bits per heavy atom. The summed E-state index contributed by atoms with van der Waals surface area (Å²) < 4.78 is 38.5. The smallest absolute Gasteiger partial charge is 0.308 e. The van der Waals surface area contributed by atoms with Crippen LogP contribution in [0.3, 0.4) is 0 Å². The van der Waals surface area contributed by atoms with Crippen LogP contribution in [0, 0.1) is 0 Å². The van der Waals surface area contributed by atoms with Crippen LogP contribution in [0.15, 0.2) is 30.7 Å². The zero-order valence-corrected chi connectivity index (χ0v) is 12.3. The minimum Gasteiger partial charge on any atom is -0.308 e. The van der Waals surface area contributed by atoms with Crippen molar-refractivity contribution in [2.45, 2.75) is 19.5 Å². The zero-order valence-electron chi connectivity index (χ0n) is 11.5. The summed E-state index contributed by atoms with van der Waals surface area (Å²) in [6.07, 6.45) is -1.63. The van der Waals surface area contributed by atoms with Gasteiger partial charge >= 0.3 is 6.18 Å². The van der Waals surface area contributed by atoms with Crippen molar-refractivity contribution in [3.8, 4) is 5.69 Å². The highest BCUT2D eigenvalue weighted by atomic mass is 35.5. The van der Waals surface area contributed by atoms with Gasteiger partial charge in [-0.25, -0.2) is 4.68 Å². The Bertz CT molecular complexity index is 657. The minimum absolute atomic E-state index is 0.0490. The van der Waals surface area contributed by atoms with Crippen molar-refractivity contribution in [3.05, 3.63) is 35.9 Å². The van der Waals surface area contributed by atoms with Crippen LogP contribution in [0.1, 0.15) is 13.3 Å². The number of anilines is 1. The number of alkyl halides is 3. The van der Waals surface area contributed by atoms with Gasteiger partial charge in [-0.05, 0) is 19.1 Å². The summed E-state index contributed by atoms with van der Waals surface area (Å²) in [6, 6.07) is 3.38. The monoisotopic (exact) mass is 332 g/mol. The maximum Gasteiger partial charge on any atom is 0.397 e. The largest absolute Gasteiger partial charge is 0.397 e. The normalized spacial score (nSPS) is 11.5. The third-order valence-electron chi connectivity index (χ3n) is 2.82. The number of carbonyl (C=O) groups excluding carboxylic acids is 1. The highest BCUT2D eigenvalue weighted by molar-refractivity contribution is 6.32. The molecule has 0 unspecified atom stereocenters. The second-order valence-electron chi connectivity index (χ2n) is 4.39. The van der Waals surface area contributed by atoms with Crippen LogP contribution < -0.4 is 4.90 Å². The lowest BCUT2D eigenvalue weighted by atomic mass is 10.3. The molecule has 2 aromatic rings. The molecule has 0 atom stereocenters. The first-order valence-corrected chi connectivity index (χ1v) is 6.72. The summed E-state index contributed by atoms with van der Waals surface area (Å²) in [5.74, 6) is -1.08. The van der Waals surface area contributed by atoms with E-state index in [1.54, 1.807) is 25.3 Å². The second kappa shape index (κ2) is 6.35. The third kappa shape index (κ3) is 3.76. The molecule has 1 amide bonds. The highest BCUT2D eigenvalue weighted by Crippen LogP contribution is 2.28. The number of carbonyl (C=O) groups is 1. The summed E-state index contributed by atoms with van der Waals surface area (Å²) in [5.41, 5.74) is 0.706. The van der Waals surface area contributed by atoms with Gasteiger partial charge in [0.2, 0.25) is 5.91 Å². The van der Waals surface area contributed by atoms with E-state index in [2.05, 4.69) is 10.1 Å². The lowest BCUT2D eigenvalue weighted by molar-refractivity contribution is -0.151. The molecule has 0 bridgehead atoms. The fourth-order valence-corrected chi connectivity index (χ4v) is 2.13. The van der Waals surface area contributed by atoms with E-state index in [4.69, 9.17) is 11.6 Å². The number of hydrogen-bond acceptors (Lipinski definition) is 3. The molecule has 22 heavy (non-hydrogen) atoms. The Hall–Kier alpha value is -2.09. The topological polar surface area (TPSA) is 51.0 Å². The van der Waals surface area contributed by atoms with Crippen molar-refractivity contribution < 1.29 is 18.0 Å². The molecule has 5 nitrogen and oxygen atoms in total. The van der Waals surface area contributed by atoms with Crippen LogP contribution in [0.5, 0.6) is 0 Å². The van der Waals surface area contributed by atoms with Crippen molar-refractivity contribution in [2.24, 2.45) is 0 Å². The average molecular weight is 333 g/mol. The first kappa shape index (κ1) is 16.3. The number of halogens is 4. The molecule has 0 saturated carbocycles. The van der Waals surface area contributed by atoms with Crippen LogP contribution in [0.4, 0.5) is 18.9 Å². The maximum atomic E-state index is 12.4. The van der Waals surface area contributed by atoms with Gasteiger partial charge in [0.25, 0.3) is 0 Å². The van der Waals surface area contributed by atoms with E-state index in [0.717, 1.165) is 4.90 Å². The van der Waals surface area contributed by atoms with Crippen LogP contribution in [0.2, 0.25) is 5.15 Å². The number of hydrogen-bond donors (Lipinski definition) is 0. The summed E-state index contributed by atoms with van der Waals surface area (Å²) in [5, 5.41) is 3.94. The van der Waals surface area contributed by atoms with Crippen molar-refractivity contribution in [1.29, 1.82) is 0 Å². The lowest BCUT2D eigenvalue weighted by Gasteiger charge is -2.20. The van der Waals surface area contributed by atoms with E-state index >= 15 is 0 Å². The molecule has 0 radical (unpaired) electrons. The van der Waals surface area contributed by atoms with Gasteiger partial charge in [0.15, 0.2) is 5.15 Å². The van der Waals surface area contributed by atoms with E-state index in [-0.39, 0.29) is 17.4 Å². The van der Waals surface area contributed by atoms with Crippen LogP contribution >= 0.6 is 11.6 Å². The molecule has 0 aliphatic heterocycles. The Kier molecular flexibility index (Phi) is 4.70. The molecule has 0 N–H and O–H groups in total. The first-order valence-electron chi connectivity index (χ1n) is 6.34. The maximum absolute atomic E-state index is 12.4. The van der Waals surface area contributed by atoms with Crippen molar-refractivity contribution >= 4 is 23.2 Å². The number of nitrogens with zero attached hydrogens (tertiary/aromatic N) is 4. The molecule has 2 rings (SSSR count). The number of pyridine rings is 1. The Morgan fingerprint density at radius 1 is 1.45 bits per heavy atom. The molecular weight excluding hydrogens is 321 g/mol. The Morgan fingerprint density at radius 3 is 2.73 bits per heavy atom. The van der Waals surface area contributed by atoms with Gasteiger partial charge < -0.3 is 4.90 Å². The SMILES string of the molecule is CCN(C(=O)CC(F)(F)F)c1cn(-c2cccnc2)nc1Cl. The lowest BCUT2D eigenvalue weighted by Crippen LogP contribution is -2.34. The predicted molar refractivity (Wildman–Crippen MR) is 75.1 cm³/mol. The summed E-state index contributed by atoms with van der Waals surface area (Å²) in [6.45, 7) is 1.61. The molecule has 0 spiro atoms. The number of aromatic nitrogens is 3. The molecule has 0 fully saturated rings. The summed E-state index contributed by atoms with van der Waals surface area (Å²) in [7, 11) is 0. The molecule has 0 aliphatic carbocycles. The molecule has 2 aromatic heterocycles. The van der Waals surface area contributed by atoms with Gasteiger partial charge in [0.1, 0.15) is 12.1 Å². The van der Waals surface area contributed by atoms with Crippen molar-refractivity contribution in [2.75, 3.05) is 11.4 Å². The second-order valence-corrected chi connectivity index (χ2v) is 4.75. The van der Waals surface area contributed by atoms with E-state index in [9.17, 15) is 18.0 Å². The highest BCUT2D eigenvalue weighted by Gasteiger charge is 2.34. The van der Waals surface area contributed by atoms with Gasteiger partial charge in [0, 0.05) is 12.7 Å². The zero-order chi connectivity index (χ0) is 16.3. The third-order valence-corrected chi connectivity index (χ3v) is 3.09. The van der Waals surface area contributed by atoms with Crippen molar-refractivity contribution in [3.63, 3.8) is 0 Å². The van der Waals surface area contributed by atoms with E-state index in [0.29, 0.717) is 5.69 Å². The Balaban J connectivity index is 2.31. The van der Waals surface area contributed by atoms with Gasteiger partial charge in [-0.15, -0.1) is 0 Å². The summed E-state index contributed by atoms with van der Waals surface area (Å²) in [4.78, 5) is 16.7. The Labute approximate surface area is 129 Å². The minimum atomic E-state index is -4.57. The molecule has 2 heterocycles. The summed E-state index contributed by atoms with van der Waals surface area (Å²) >= 11 is 5.96. The van der Waals surface area contributed by atoms with Crippen molar-refractivity contribution in [1.82, 2.24) is 14.8 Å². The van der Waals surface area contributed by atoms with Gasteiger partial charge in [-0.3, -0.25) is 9.78 Å². The van der Waals surface area contributed by atoms with E-state index in [1.807, 2.05) is 0 Å². The standard InChI is InChI=1S/C13H12ClF3N4O/c1-2-20(11(22)6-13(15,16)17)10-8-21(19-12(10)14)9-4-3-5-18-7-9/h3-5,7-8H,2,6H2,1H3. The van der Waals surface area contributed by atoms with E-state index in [1.165, 1.54) is 17.1 Å². The van der Waals surface area contributed by atoms with Gasteiger partial charge in [-0.1, -0.05) is 11.6 Å². The van der Waals surface area contributed by atoms with Gasteiger partial charge in [-0.2, -0.15) is 18.3 Å². The van der Waals surface area contributed by atoms with E-state index < -0.39 is 18.5 Å².